The normalized spacial score (nSPS) is 11.8. The molecule has 0 amide bonds. The highest BCUT2D eigenvalue weighted by molar-refractivity contribution is 8.13. The third-order valence-electron chi connectivity index (χ3n) is 3.98. The highest BCUT2D eigenvalue weighted by Gasteiger charge is 2.05. The predicted molar refractivity (Wildman–Crippen MR) is 114 cm³/mol. The van der Waals surface area contributed by atoms with Crippen molar-refractivity contribution in [2.24, 2.45) is 15.9 Å². The van der Waals surface area contributed by atoms with E-state index in [9.17, 15) is 0 Å². The Morgan fingerprint density at radius 3 is 2.31 bits per heavy atom. The first kappa shape index (κ1) is 18.0. The summed E-state index contributed by atoms with van der Waals surface area (Å²) in [6.07, 6.45) is 1.76. The Hall–Kier alpha value is -2.85. The maximum absolute atomic E-state index is 5.96. The zero-order valence-electron chi connectivity index (χ0n) is 14.7. The van der Waals surface area contributed by atoms with Gasteiger partial charge in [-0.1, -0.05) is 90.6 Å². The Kier molecular flexibility index (Phi) is 6.23. The second-order valence-corrected chi connectivity index (χ2v) is 6.85. The molecule has 0 fully saturated rings. The van der Waals surface area contributed by atoms with E-state index in [0.717, 1.165) is 16.9 Å². The van der Waals surface area contributed by atoms with E-state index in [0.29, 0.717) is 5.17 Å². The van der Waals surface area contributed by atoms with Crippen molar-refractivity contribution in [3.63, 3.8) is 0 Å². The van der Waals surface area contributed by atoms with E-state index in [4.69, 9.17) is 5.73 Å². The monoisotopic (exact) mass is 359 g/mol. The number of hydrogen-bond acceptors (Lipinski definition) is 3. The number of benzene rings is 3. The standard InChI is InChI=1S/C22H21N3S/c1-17-9-5-7-13-20(17)21-14-8-6-12-19(21)15-24-25-22(23)26-16-18-10-3-2-4-11-18/h2-15H,16H2,1H3,(H2,23,25). The molecular weight excluding hydrogens is 338 g/mol. The maximum Gasteiger partial charge on any atom is 0.180 e. The molecule has 130 valence electrons. The van der Waals surface area contributed by atoms with Crippen molar-refractivity contribution in [1.29, 1.82) is 0 Å². The predicted octanol–water partition coefficient (Wildman–Crippen LogP) is 5.24. The zero-order valence-corrected chi connectivity index (χ0v) is 15.5. The second kappa shape index (κ2) is 9.02. The van der Waals surface area contributed by atoms with E-state index in [1.165, 1.54) is 28.5 Å². The fraction of sp³-hybridized carbons (Fsp3) is 0.0909. The molecule has 3 rings (SSSR count). The molecule has 0 heterocycles. The molecule has 3 aromatic rings. The first-order valence-electron chi connectivity index (χ1n) is 8.42. The Morgan fingerprint density at radius 1 is 0.885 bits per heavy atom. The van der Waals surface area contributed by atoms with Crippen molar-refractivity contribution in [3.05, 3.63) is 95.6 Å². The van der Waals surface area contributed by atoms with E-state index < -0.39 is 0 Å². The molecule has 0 aromatic heterocycles. The lowest BCUT2D eigenvalue weighted by atomic mass is 9.97. The first-order valence-corrected chi connectivity index (χ1v) is 9.41. The summed E-state index contributed by atoms with van der Waals surface area (Å²) in [7, 11) is 0. The number of amidine groups is 1. The van der Waals surface area contributed by atoms with Gasteiger partial charge in [0.15, 0.2) is 5.17 Å². The molecule has 0 unspecified atom stereocenters. The zero-order chi connectivity index (χ0) is 18.2. The molecule has 2 N–H and O–H groups in total. The Bertz CT molecular complexity index is 917. The van der Waals surface area contributed by atoms with Gasteiger partial charge in [-0.15, -0.1) is 5.10 Å². The minimum Gasteiger partial charge on any atom is -0.377 e. The van der Waals surface area contributed by atoms with Crippen molar-refractivity contribution < 1.29 is 0 Å². The molecule has 0 bridgehead atoms. The summed E-state index contributed by atoms with van der Waals surface area (Å²) in [6, 6.07) is 26.7. The molecule has 0 aliphatic carbocycles. The SMILES string of the molecule is Cc1ccccc1-c1ccccc1C=NN=C(N)SCc1ccccc1. The van der Waals surface area contributed by atoms with Gasteiger partial charge in [0.2, 0.25) is 0 Å². The molecule has 4 heteroatoms. The van der Waals surface area contributed by atoms with Crippen LogP contribution in [0.4, 0.5) is 0 Å². The Balaban J connectivity index is 1.72. The van der Waals surface area contributed by atoms with Crippen LogP contribution in [0.15, 0.2) is 89.1 Å². The summed E-state index contributed by atoms with van der Waals surface area (Å²) in [4.78, 5) is 0. The molecule has 0 aliphatic rings. The quantitative estimate of drug-likeness (QED) is 0.384. The summed E-state index contributed by atoms with van der Waals surface area (Å²) in [6.45, 7) is 2.11. The van der Waals surface area contributed by atoms with Crippen molar-refractivity contribution in [2.45, 2.75) is 12.7 Å². The summed E-state index contributed by atoms with van der Waals surface area (Å²) in [5, 5.41) is 8.76. The van der Waals surface area contributed by atoms with Crippen LogP contribution in [0, 0.1) is 6.92 Å². The maximum atomic E-state index is 5.96. The molecule has 0 atom stereocenters. The van der Waals surface area contributed by atoms with E-state index >= 15 is 0 Å². The van der Waals surface area contributed by atoms with Crippen LogP contribution in [0.5, 0.6) is 0 Å². The molecule has 0 spiro atoms. The van der Waals surface area contributed by atoms with Crippen molar-refractivity contribution in [1.82, 2.24) is 0 Å². The van der Waals surface area contributed by atoms with Crippen molar-refractivity contribution >= 4 is 23.1 Å². The fourth-order valence-electron chi connectivity index (χ4n) is 2.64. The van der Waals surface area contributed by atoms with Crippen LogP contribution < -0.4 is 5.73 Å². The number of rotatable bonds is 5. The molecule has 26 heavy (non-hydrogen) atoms. The van der Waals surface area contributed by atoms with Crippen LogP contribution in [-0.4, -0.2) is 11.4 Å². The highest BCUT2D eigenvalue weighted by atomic mass is 32.2. The molecule has 0 radical (unpaired) electrons. The smallest absolute Gasteiger partial charge is 0.180 e. The molecule has 0 aliphatic heterocycles. The van der Waals surface area contributed by atoms with E-state index in [1.807, 2.05) is 48.5 Å². The first-order chi connectivity index (χ1) is 12.7. The summed E-state index contributed by atoms with van der Waals surface area (Å²) in [5.74, 6) is 0.783. The van der Waals surface area contributed by atoms with Gasteiger partial charge in [0, 0.05) is 11.3 Å². The van der Waals surface area contributed by atoms with Crippen LogP contribution in [0.1, 0.15) is 16.7 Å². The van der Waals surface area contributed by atoms with Gasteiger partial charge >= 0.3 is 0 Å². The molecular formula is C22H21N3S. The summed E-state index contributed by atoms with van der Waals surface area (Å²) >= 11 is 1.48. The Morgan fingerprint density at radius 2 is 1.54 bits per heavy atom. The van der Waals surface area contributed by atoms with Gasteiger partial charge in [0.05, 0.1) is 6.21 Å². The molecule has 0 saturated carbocycles. The van der Waals surface area contributed by atoms with Gasteiger partial charge in [-0.05, 0) is 29.2 Å². The van der Waals surface area contributed by atoms with E-state index in [-0.39, 0.29) is 0 Å². The number of hydrogen-bond donors (Lipinski definition) is 1. The lowest BCUT2D eigenvalue weighted by molar-refractivity contribution is 1.25. The minimum atomic E-state index is 0.457. The van der Waals surface area contributed by atoms with Gasteiger partial charge < -0.3 is 5.73 Å². The number of nitrogens with two attached hydrogens (primary N) is 1. The third-order valence-corrected chi connectivity index (χ3v) is 4.83. The van der Waals surface area contributed by atoms with Crippen LogP contribution in [0.25, 0.3) is 11.1 Å². The number of nitrogens with zero attached hydrogens (tertiary/aromatic N) is 2. The lowest BCUT2D eigenvalue weighted by Crippen LogP contribution is -2.06. The van der Waals surface area contributed by atoms with Crippen molar-refractivity contribution in [2.75, 3.05) is 0 Å². The summed E-state index contributed by atoms with van der Waals surface area (Å²) in [5.41, 5.74) is 11.8. The minimum absolute atomic E-state index is 0.457. The lowest BCUT2D eigenvalue weighted by Gasteiger charge is -2.08. The van der Waals surface area contributed by atoms with Crippen molar-refractivity contribution in [3.8, 4) is 11.1 Å². The molecule has 0 saturated heterocycles. The van der Waals surface area contributed by atoms with Gasteiger partial charge in [-0.2, -0.15) is 5.10 Å². The van der Waals surface area contributed by atoms with Gasteiger partial charge in [0.1, 0.15) is 0 Å². The second-order valence-electron chi connectivity index (χ2n) is 5.86. The molecule has 3 nitrogen and oxygen atoms in total. The number of aryl methyl sites for hydroxylation is 1. The average molecular weight is 359 g/mol. The van der Waals surface area contributed by atoms with Crippen LogP contribution in [0.2, 0.25) is 0 Å². The average Bonchev–Trinajstić information content (AvgIpc) is 2.68. The highest BCUT2D eigenvalue weighted by Crippen LogP contribution is 2.25. The van der Waals surface area contributed by atoms with Crippen LogP contribution >= 0.6 is 11.8 Å². The van der Waals surface area contributed by atoms with E-state index in [1.54, 1.807) is 6.21 Å². The molecule has 3 aromatic carbocycles. The van der Waals surface area contributed by atoms with E-state index in [2.05, 4.69) is 47.5 Å². The topological polar surface area (TPSA) is 50.7 Å². The van der Waals surface area contributed by atoms with Gasteiger partial charge in [0.25, 0.3) is 0 Å². The van der Waals surface area contributed by atoms with Gasteiger partial charge in [-0.3, -0.25) is 0 Å². The van der Waals surface area contributed by atoms with Crippen LogP contribution in [-0.2, 0) is 5.75 Å². The Labute approximate surface area is 158 Å². The third kappa shape index (κ3) is 4.83. The number of thioether (sulfide) groups is 1. The largest absolute Gasteiger partial charge is 0.377 e. The van der Waals surface area contributed by atoms with Gasteiger partial charge in [-0.25, -0.2) is 0 Å². The summed E-state index contributed by atoms with van der Waals surface area (Å²) < 4.78 is 0. The fourth-order valence-corrected chi connectivity index (χ4v) is 3.25. The van der Waals surface area contributed by atoms with Crippen LogP contribution in [0.3, 0.4) is 0 Å².